The van der Waals surface area contributed by atoms with Crippen molar-refractivity contribution in [3.63, 3.8) is 0 Å². The van der Waals surface area contributed by atoms with Gasteiger partial charge in [0, 0.05) is 16.3 Å². The molecular formula is C16H16N4O3S. The van der Waals surface area contributed by atoms with Crippen LogP contribution in [0.2, 0.25) is 0 Å². The molecule has 1 N–H and O–H groups in total. The second kappa shape index (κ2) is 9.34. The van der Waals surface area contributed by atoms with Gasteiger partial charge in [-0.25, -0.2) is 0 Å². The van der Waals surface area contributed by atoms with Gasteiger partial charge in [0.1, 0.15) is 6.61 Å². The molecule has 0 bridgehead atoms. The van der Waals surface area contributed by atoms with E-state index in [1.807, 2.05) is 30.3 Å². The molecule has 1 aromatic heterocycles. The highest BCUT2D eigenvalue weighted by molar-refractivity contribution is 7.14. The van der Waals surface area contributed by atoms with Crippen molar-refractivity contribution in [3.8, 4) is 0 Å². The van der Waals surface area contributed by atoms with E-state index in [-0.39, 0.29) is 38.0 Å². The van der Waals surface area contributed by atoms with Crippen molar-refractivity contribution in [2.45, 2.75) is 19.6 Å². The first-order chi connectivity index (χ1) is 11.7. The average molecular weight is 344 g/mol. The highest BCUT2D eigenvalue weighted by Crippen LogP contribution is 2.17. The van der Waals surface area contributed by atoms with E-state index in [0.29, 0.717) is 4.88 Å². The minimum Gasteiger partial charge on any atom is -0.461 e. The highest BCUT2D eigenvalue weighted by Gasteiger charge is 2.10. The molecule has 0 saturated carbocycles. The van der Waals surface area contributed by atoms with E-state index in [1.54, 1.807) is 12.1 Å². The molecule has 2 aromatic rings. The molecule has 0 aliphatic carbocycles. The lowest BCUT2D eigenvalue weighted by molar-refractivity contribution is -0.144. The summed E-state index contributed by atoms with van der Waals surface area (Å²) in [5.74, 6) is -0.627. The molecule has 24 heavy (non-hydrogen) atoms. The number of nitrogens with one attached hydrogen (secondary N) is 1. The van der Waals surface area contributed by atoms with Crippen LogP contribution in [-0.4, -0.2) is 18.4 Å². The molecule has 0 aliphatic rings. The molecule has 0 fully saturated rings. The zero-order chi connectivity index (χ0) is 17.2. The second-order valence-corrected chi connectivity index (χ2v) is 5.98. The lowest BCUT2D eigenvalue weighted by Gasteiger charge is -2.05. The summed E-state index contributed by atoms with van der Waals surface area (Å²) in [4.78, 5) is 27.6. The number of amides is 1. The Morgan fingerprint density at radius 1 is 1.21 bits per heavy atom. The largest absolute Gasteiger partial charge is 0.461 e. The van der Waals surface area contributed by atoms with Crippen molar-refractivity contribution in [1.29, 1.82) is 0 Å². The quantitative estimate of drug-likeness (QED) is 0.343. The molecule has 0 saturated heterocycles. The Balaban J connectivity index is 1.69. The molecule has 0 spiro atoms. The molecule has 124 valence electrons. The summed E-state index contributed by atoms with van der Waals surface area (Å²) in [7, 11) is 0. The number of carbonyl (C=O) groups is 2. The molecule has 0 radical (unpaired) electrons. The monoisotopic (exact) mass is 344 g/mol. The number of hydrogen-bond acceptors (Lipinski definition) is 5. The van der Waals surface area contributed by atoms with Gasteiger partial charge in [-0.15, -0.1) is 11.3 Å². The fourth-order valence-electron chi connectivity index (χ4n) is 1.86. The van der Waals surface area contributed by atoms with Crippen molar-refractivity contribution in [2.24, 2.45) is 5.11 Å². The minimum atomic E-state index is -0.366. The van der Waals surface area contributed by atoms with Crippen molar-refractivity contribution < 1.29 is 14.3 Å². The van der Waals surface area contributed by atoms with Gasteiger partial charge in [0.2, 0.25) is 0 Å². The van der Waals surface area contributed by atoms with Gasteiger partial charge in [-0.1, -0.05) is 35.4 Å². The standard InChI is InChI=1S/C16H16N4O3S/c17-20-19-10-13-6-7-14(24-13)16(22)18-9-8-15(21)23-11-12-4-2-1-3-5-12/h1-7H,8-11H2,(H,18,22). The Bertz CT molecular complexity index is 739. The van der Waals surface area contributed by atoms with Gasteiger partial charge >= 0.3 is 5.97 Å². The SMILES string of the molecule is [N-]=[N+]=NCc1ccc(C(=O)NCCC(=O)OCc2ccccc2)s1. The first kappa shape index (κ1) is 17.5. The second-order valence-electron chi connectivity index (χ2n) is 4.81. The Hall–Kier alpha value is -2.83. The predicted octanol–water partition coefficient (Wildman–Crippen LogP) is 3.42. The van der Waals surface area contributed by atoms with E-state index in [2.05, 4.69) is 15.3 Å². The van der Waals surface area contributed by atoms with Gasteiger partial charge in [0.15, 0.2) is 0 Å². The Morgan fingerprint density at radius 2 is 2.00 bits per heavy atom. The summed E-state index contributed by atoms with van der Waals surface area (Å²) in [6.45, 7) is 0.650. The molecule has 1 aromatic carbocycles. The summed E-state index contributed by atoms with van der Waals surface area (Å²) < 4.78 is 5.13. The maximum Gasteiger partial charge on any atom is 0.307 e. The lowest BCUT2D eigenvalue weighted by Crippen LogP contribution is -2.25. The number of hydrogen-bond donors (Lipinski definition) is 1. The van der Waals surface area contributed by atoms with Crippen LogP contribution in [0.1, 0.15) is 26.5 Å². The number of azide groups is 1. The van der Waals surface area contributed by atoms with Crippen LogP contribution in [0.5, 0.6) is 0 Å². The number of nitrogens with zero attached hydrogens (tertiary/aromatic N) is 3. The molecular weight excluding hydrogens is 328 g/mol. The number of thiophene rings is 1. The fraction of sp³-hybridized carbons (Fsp3) is 0.250. The van der Waals surface area contributed by atoms with Crippen LogP contribution < -0.4 is 5.32 Å². The van der Waals surface area contributed by atoms with Crippen molar-refractivity contribution >= 4 is 23.2 Å². The van der Waals surface area contributed by atoms with Crippen LogP contribution in [0.4, 0.5) is 0 Å². The third-order valence-corrected chi connectivity index (χ3v) is 4.10. The number of benzene rings is 1. The third kappa shape index (κ3) is 5.75. The van der Waals surface area contributed by atoms with Crippen LogP contribution in [0.3, 0.4) is 0 Å². The number of ether oxygens (including phenoxy) is 1. The molecule has 8 heteroatoms. The summed E-state index contributed by atoms with van der Waals surface area (Å²) in [5.41, 5.74) is 9.19. The van der Waals surface area contributed by atoms with Crippen LogP contribution in [-0.2, 0) is 22.7 Å². The topological polar surface area (TPSA) is 104 Å². The zero-order valence-electron chi connectivity index (χ0n) is 12.8. The molecule has 0 unspecified atom stereocenters. The van der Waals surface area contributed by atoms with E-state index in [4.69, 9.17) is 10.3 Å². The Kier molecular flexibility index (Phi) is 6.82. The summed E-state index contributed by atoms with van der Waals surface area (Å²) in [6, 6.07) is 12.8. The molecule has 1 amide bonds. The predicted molar refractivity (Wildman–Crippen MR) is 90.4 cm³/mol. The fourth-order valence-corrected chi connectivity index (χ4v) is 2.70. The van der Waals surface area contributed by atoms with Gasteiger partial charge in [-0.3, -0.25) is 9.59 Å². The van der Waals surface area contributed by atoms with Crippen LogP contribution >= 0.6 is 11.3 Å². The van der Waals surface area contributed by atoms with Gasteiger partial charge in [-0.05, 0) is 23.2 Å². The van der Waals surface area contributed by atoms with Gasteiger partial charge in [0.05, 0.1) is 17.8 Å². The first-order valence-electron chi connectivity index (χ1n) is 7.26. The molecule has 0 atom stereocenters. The van der Waals surface area contributed by atoms with E-state index < -0.39 is 0 Å². The molecule has 0 aliphatic heterocycles. The van der Waals surface area contributed by atoms with E-state index >= 15 is 0 Å². The third-order valence-electron chi connectivity index (χ3n) is 3.03. The molecule has 1 heterocycles. The van der Waals surface area contributed by atoms with E-state index in [0.717, 1.165) is 10.4 Å². The maximum atomic E-state index is 11.9. The number of esters is 1. The average Bonchev–Trinajstić information content (AvgIpc) is 3.08. The molecule has 2 rings (SSSR count). The van der Waals surface area contributed by atoms with Gasteiger partial charge in [0.25, 0.3) is 5.91 Å². The highest BCUT2D eigenvalue weighted by atomic mass is 32.1. The van der Waals surface area contributed by atoms with Crippen LogP contribution in [0.15, 0.2) is 47.6 Å². The van der Waals surface area contributed by atoms with Crippen LogP contribution in [0, 0.1) is 0 Å². The summed E-state index contributed by atoms with van der Waals surface area (Å²) in [6.07, 6.45) is 0.107. The zero-order valence-corrected chi connectivity index (χ0v) is 13.7. The maximum absolute atomic E-state index is 11.9. The Morgan fingerprint density at radius 3 is 2.75 bits per heavy atom. The van der Waals surface area contributed by atoms with E-state index in [1.165, 1.54) is 11.3 Å². The van der Waals surface area contributed by atoms with Gasteiger partial charge < -0.3 is 10.1 Å². The van der Waals surface area contributed by atoms with Crippen molar-refractivity contribution in [1.82, 2.24) is 5.32 Å². The lowest BCUT2D eigenvalue weighted by atomic mass is 10.2. The van der Waals surface area contributed by atoms with Crippen molar-refractivity contribution in [3.05, 3.63) is 68.2 Å². The number of carbonyl (C=O) groups excluding carboxylic acids is 2. The van der Waals surface area contributed by atoms with E-state index in [9.17, 15) is 9.59 Å². The van der Waals surface area contributed by atoms with Gasteiger partial charge in [-0.2, -0.15) is 0 Å². The Labute approximate surface area is 142 Å². The smallest absolute Gasteiger partial charge is 0.307 e. The number of rotatable bonds is 8. The summed E-state index contributed by atoms with van der Waals surface area (Å²) >= 11 is 1.25. The van der Waals surface area contributed by atoms with Crippen LogP contribution in [0.25, 0.3) is 10.4 Å². The summed E-state index contributed by atoms with van der Waals surface area (Å²) in [5, 5.41) is 6.11. The molecule has 7 nitrogen and oxygen atoms in total. The van der Waals surface area contributed by atoms with Crippen molar-refractivity contribution in [2.75, 3.05) is 6.54 Å². The minimum absolute atomic E-state index is 0.107. The first-order valence-corrected chi connectivity index (χ1v) is 8.08. The normalized spacial score (nSPS) is 9.83.